The topological polar surface area (TPSA) is 65.2 Å². The van der Waals surface area contributed by atoms with E-state index in [0.717, 1.165) is 6.42 Å². The zero-order valence-electron chi connectivity index (χ0n) is 8.30. The highest BCUT2D eigenvalue weighted by atomic mass is 35.5. The van der Waals surface area contributed by atoms with Crippen molar-refractivity contribution in [1.29, 1.82) is 0 Å². The molecule has 4 nitrogen and oxygen atoms in total. The molecule has 0 amide bonds. The number of carbonyl (C=O) groups excluding carboxylic acids is 1. The number of nitrogens with two attached hydrogens (primary N) is 1. The second kappa shape index (κ2) is 8.32. The number of nitrogens with zero attached hydrogens (tertiary/aromatic N) is 1. The van der Waals surface area contributed by atoms with Crippen LogP contribution in [0.1, 0.15) is 23.7 Å². The van der Waals surface area contributed by atoms with E-state index in [9.17, 15) is 4.79 Å². The Morgan fingerprint density at radius 1 is 1.47 bits per heavy atom. The predicted molar refractivity (Wildman–Crippen MR) is 63.7 cm³/mol. The molecule has 0 aliphatic heterocycles. The molecular weight excluding hydrogens is 239 g/mol. The van der Waals surface area contributed by atoms with Crippen molar-refractivity contribution in [2.24, 2.45) is 0 Å². The van der Waals surface area contributed by atoms with Crippen molar-refractivity contribution in [3.63, 3.8) is 0 Å². The number of hydrogen-bond acceptors (Lipinski definition) is 4. The Kier molecular flexibility index (Phi) is 9.11. The average molecular weight is 253 g/mol. The monoisotopic (exact) mass is 252 g/mol. The molecule has 1 rings (SSSR count). The summed E-state index contributed by atoms with van der Waals surface area (Å²) < 4.78 is 4.90. The fourth-order valence-corrected chi connectivity index (χ4v) is 0.847. The Hall–Kier alpha value is -1.00. The number of anilines is 1. The van der Waals surface area contributed by atoms with Crippen molar-refractivity contribution >= 4 is 36.5 Å². The minimum Gasteiger partial charge on any atom is -0.462 e. The molecule has 0 atom stereocenters. The molecule has 0 aliphatic rings. The third-order valence-corrected chi connectivity index (χ3v) is 1.43. The van der Waals surface area contributed by atoms with E-state index in [1.54, 1.807) is 6.07 Å². The highest BCUT2D eigenvalue weighted by Gasteiger charge is 2.06. The van der Waals surface area contributed by atoms with E-state index in [1.807, 2.05) is 6.92 Å². The largest absolute Gasteiger partial charge is 0.462 e. The highest BCUT2D eigenvalue weighted by molar-refractivity contribution is 5.89. The Bertz CT molecular complexity index is 308. The van der Waals surface area contributed by atoms with Crippen LogP contribution < -0.4 is 5.73 Å². The zero-order valence-corrected chi connectivity index (χ0v) is 9.94. The van der Waals surface area contributed by atoms with Crippen molar-refractivity contribution in [3.8, 4) is 0 Å². The van der Waals surface area contributed by atoms with Crippen molar-refractivity contribution in [1.82, 2.24) is 4.98 Å². The summed E-state index contributed by atoms with van der Waals surface area (Å²) in [7, 11) is 0. The third-order valence-electron chi connectivity index (χ3n) is 1.43. The van der Waals surface area contributed by atoms with Gasteiger partial charge in [-0.15, -0.1) is 24.8 Å². The predicted octanol–water partition coefficient (Wildman–Crippen LogP) is 2.07. The van der Waals surface area contributed by atoms with E-state index >= 15 is 0 Å². The summed E-state index contributed by atoms with van der Waals surface area (Å²) in [6, 6.07) is 1.55. The lowest BCUT2D eigenvalue weighted by Gasteiger charge is -2.02. The Morgan fingerprint density at radius 3 is 2.67 bits per heavy atom. The lowest BCUT2D eigenvalue weighted by molar-refractivity contribution is 0.0504. The molecule has 6 heteroatoms. The molecule has 1 aromatic heterocycles. The van der Waals surface area contributed by atoms with E-state index < -0.39 is 0 Å². The van der Waals surface area contributed by atoms with Gasteiger partial charge in [-0.05, 0) is 12.5 Å². The van der Waals surface area contributed by atoms with Crippen LogP contribution in [0.2, 0.25) is 0 Å². The Labute approximate surface area is 101 Å². The van der Waals surface area contributed by atoms with Gasteiger partial charge >= 0.3 is 5.97 Å². The summed E-state index contributed by atoms with van der Waals surface area (Å²) in [6.07, 6.45) is 3.73. The number of hydrogen-bond donors (Lipinski definition) is 1. The van der Waals surface area contributed by atoms with E-state index in [0.29, 0.717) is 17.9 Å². The summed E-state index contributed by atoms with van der Waals surface area (Å²) >= 11 is 0. The minimum absolute atomic E-state index is 0. The van der Waals surface area contributed by atoms with E-state index in [4.69, 9.17) is 10.5 Å². The highest BCUT2D eigenvalue weighted by Crippen LogP contribution is 2.05. The first-order chi connectivity index (χ1) is 6.24. The van der Waals surface area contributed by atoms with Gasteiger partial charge in [0.1, 0.15) is 0 Å². The van der Waals surface area contributed by atoms with Gasteiger partial charge in [0, 0.05) is 12.4 Å². The van der Waals surface area contributed by atoms with Gasteiger partial charge < -0.3 is 10.5 Å². The van der Waals surface area contributed by atoms with E-state index in [2.05, 4.69) is 4.98 Å². The molecule has 0 unspecified atom stereocenters. The summed E-state index contributed by atoms with van der Waals surface area (Å²) in [4.78, 5) is 15.0. The van der Waals surface area contributed by atoms with Crippen LogP contribution in [0.15, 0.2) is 18.5 Å². The average Bonchev–Trinajstić information content (AvgIpc) is 2.14. The number of aromatic nitrogens is 1. The number of pyridine rings is 1. The third kappa shape index (κ3) is 5.44. The van der Waals surface area contributed by atoms with Crippen LogP contribution in [0.5, 0.6) is 0 Å². The van der Waals surface area contributed by atoms with Crippen molar-refractivity contribution in [2.45, 2.75) is 13.3 Å². The molecule has 1 heterocycles. The van der Waals surface area contributed by atoms with Gasteiger partial charge in [0.15, 0.2) is 0 Å². The molecule has 0 saturated carbocycles. The molecule has 0 bridgehead atoms. The van der Waals surface area contributed by atoms with Crippen LogP contribution in [-0.2, 0) is 4.74 Å². The van der Waals surface area contributed by atoms with Gasteiger partial charge in [0.25, 0.3) is 0 Å². The van der Waals surface area contributed by atoms with Crippen LogP contribution in [-0.4, -0.2) is 17.6 Å². The number of esters is 1. The molecule has 1 aromatic rings. The van der Waals surface area contributed by atoms with Crippen LogP contribution in [0.3, 0.4) is 0 Å². The lowest BCUT2D eigenvalue weighted by atomic mass is 10.3. The number of nitrogen functional groups attached to an aromatic ring is 1. The Morgan fingerprint density at radius 2 is 2.13 bits per heavy atom. The van der Waals surface area contributed by atoms with Gasteiger partial charge in [-0.1, -0.05) is 6.92 Å². The number of halogens is 2. The van der Waals surface area contributed by atoms with Gasteiger partial charge in [-0.3, -0.25) is 4.98 Å². The van der Waals surface area contributed by atoms with Crippen LogP contribution in [0.4, 0.5) is 5.69 Å². The van der Waals surface area contributed by atoms with E-state index in [-0.39, 0.29) is 30.8 Å². The summed E-state index contributed by atoms with van der Waals surface area (Å²) in [5.41, 5.74) is 6.32. The van der Waals surface area contributed by atoms with Crippen molar-refractivity contribution < 1.29 is 9.53 Å². The maximum Gasteiger partial charge on any atom is 0.339 e. The smallest absolute Gasteiger partial charge is 0.339 e. The first-order valence-corrected chi connectivity index (χ1v) is 4.11. The molecule has 15 heavy (non-hydrogen) atoms. The molecule has 0 spiro atoms. The van der Waals surface area contributed by atoms with Gasteiger partial charge in [-0.25, -0.2) is 4.79 Å². The molecule has 0 aliphatic carbocycles. The van der Waals surface area contributed by atoms with Crippen LogP contribution >= 0.6 is 24.8 Å². The zero-order chi connectivity index (χ0) is 9.68. The molecule has 0 radical (unpaired) electrons. The lowest BCUT2D eigenvalue weighted by Crippen LogP contribution is -2.06. The molecule has 0 aromatic carbocycles. The molecular formula is C9H14Cl2N2O2. The normalized spacial score (nSPS) is 8.33. The standard InChI is InChI=1S/C9H12N2O2.2ClH/c1-2-3-13-9(12)7-4-8(10)6-11-5-7;;/h4-6H,2-3,10H2,1H3;2*1H. The van der Waals surface area contributed by atoms with E-state index in [1.165, 1.54) is 12.4 Å². The number of carbonyl (C=O) groups is 1. The maximum atomic E-state index is 11.2. The molecule has 2 N–H and O–H groups in total. The minimum atomic E-state index is -0.373. The fourth-order valence-electron chi connectivity index (χ4n) is 0.847. The summed E-state index contributed by atoms with van der Waals surface area (Å²) in [6.45, 7) is 2.36. The van der Waals surface area contributed by atoms with Crippen molar-refractivity contribution in [3.05, 3.63) is 24.0 Å². The first-order valence-electron chi connectivity index (χ1n) is 4.11. The first kappa shape index (κ1) is 16.4. The second-order valence-corrected chi connectivity index (χ2v) is 2.64. The number of ether oxygens (including phenoxy) is 1. The van der Waals surface area contributed by atoms with Gasteiger partial charge in [0.05, 0.1) is 17.9 Å². The van der Waals surface area contributed by atoms with Crippen LogP contribution in [0, 0.1) is 0 Å². The molecule has 0 fully saturated rings. The van der Waals surface area contributed by atoms with Gasteiger partial charge in [-0.2, -0.15) is 0 Å². The maximum absolute atomic E-state index is 11.2. The summed E-state index contributed by atoms with van der Waals surface area (Å²) in [5.74, 6) is -0.373. The quantitative estimate of drug-likeness (QED) is 0.837. The fraction of sp³-hybridized carbons (Fsp3) is 0.333. The Balaban J connectivity index is 0. The summed E-state index contributed by atoms with van der Waals surface area (Å²) in [5, 5.41) is 0. The van der Waals surface area contributed by atoms with Crippen LogP contribution in [0.25, 0.3) is 0 Å². The molecule has 86 valence electrons. The SMILES string of the molecule is CCCOC(=O)c1cncc(N)c1.Cl.Cl. The number of rotatable bonds is 3. The van der Waals surface area contributed by atoms with Crippen molar-refractivity contribution in [2.75, 3.05) is 12.3 Å². The van der Waals surface area contributed by atoms with Gasteiger partial charge in [0.2, 0.25) is 0 Å². The second-order valence-electron chi connectivity index (χ2n) is 2.64. The molecule has 0 saturated heterocycles.